The van der Waals surface area contributed by atoms with E-state index in [-0.39, 0.29) is 11.4 Å². The molecule has 2 aliphatic rings. The summed E-state index contributed by atoms with van der Waals surface area (Å²) in [7, 11) is 1.82. The van der Waals surface area contributed by atoms with Crippen LogP contribution in [-0.2, 0) is 4.79 Å². The Hall–Kier alpha value is -2.15. The Balaban J connectivity index is 1.60. The minimum Gasteiger partial charge on any atom is -0.354 e. The van der Waals surface area contributed by atoms with Gasteiger partial charge in [-0.1, -0.05) is 0 Å². The molecule has 0 aromatic carbocycles. The second kappa shape index (κ2) is 5.49. The molecule has 122 valence electrons. The molecule has 2 aromatic heterocycles. The van der Waals surface area contributed by atoms with Gasteiger partial charge in [-0.05, 0) is 32.4 Å². The monoisotopic (exact) mass is 314 g/mol. The summed E-state index contributed by atoms with van der Waals surface area (Å²) in [6.07, 6.45) is 6.76. The highest BCUT2D eigenvalue weighted by Gasteiger charge is 2.49. The maximum absolute atomic E-state index is 12.3. The van der Waals surface area contributed by atoms with E-state index in [1.807, 2.05) is 19.3 Å². The second-order valence-electron chi connectivity index (χ2n) is 6.51. The number of nitrogens with one attached hydrogen (secondary N) is 2. The summed E-state index contributed by atoms with van der Waals surface area (Å²) in [5, 5.41) is 4.03. The van der Waals surface area contributed by atoms with Gasteiger partial charge in [0.05, 0.1) is 17.5 Å². The van der Waals surface area contributed by atoms with Crippen molar-refractivity contribution in [2.24, 2.45) is 0 Å². The number of carbonyl (C=O) groups excluding carboxylic acids is 1. The fraction of sp³-hybridized carbons (Fsp3) is 0.562. The average Bonchev–Trinajstić information content (AvgIpc) is 3.02. The summed E-state index contributed by atoms with van der Waals surface area (Å²) in [4.78, 5) is 28.6. The zero-order valence-corrected chi connectivity index (χ0v) is 13.4. The van der Waals surface area contributed by atoms with Crippen LogP contribution in [0.5, 0.6) is 0 Å². The number of carbonyl (C=O) groups is 1. The first kappa shape index (κ1) is 14.4. The molecular weight excluding hydrogens is 292 g/mol. The van der Waals surface area contributed by atoms with Crippen LogP contribution < -0.4 is 10.2 Å². The highest BCUT2D eigenvalue weighted by atomic mass is 16.2. The molecular formula is C16H22N6O. The molecule has 2 aromatic rings. The van der Waals surface area contributed by atoms with Crippen LogP contribution in [0, 0.1) is 0 Å². The standard InChI is InChI=1S/C16H22N6O/c1-17-9-13(23)22-8-5-16(22)4-2-7-21(10-16)15-12-3-6-18-14(12)19-11-20-15/h3,6,11,17H,2,4-5,7-10H2,1H3,(H,18,19,20)/t16-/m1/s1. The Bertz CT molecular complexity index is 728. The predicted octanol–water partition coefficient (Wildman–Crippen LogP) is 0.749. The molecule has 2 fully saturated rings. The number of hydrogen-bond acceptors (Lipinski definition) is 5. The first-order valence-electron chi connectivity index (χ1n) is 8.22. The van der Waals surface area contributed by atoms with Crippen molar-refractivity contribution < 1.29 is 4.79 Å². The first-order chi connectivity index (χ1) is 11.2. The van der Waals surface area contributed by atoms with Gasteiger partial charge >= 0.3 is 0 Å². The Kier molecular flexibility index (Phi) is 3.45. The normalized spacial score (nSPS) is 24.2. The molecule has 4 rings (SSSR count). The highest BCUT2D eigenvalue weighted by molar-refractivity contribution is 5.87. The summed E-state index contributed by atoms with van der Waals surface area (Å²) in [6.45, 7) is 3.13. The molecule has 4 heterocycles. The van der Waals surface area contributed by atoms with Crippen molar-refractivity contribution in [1.29, 1.82) is 0 Å². The molecule has 0 unspecified atom stereocenters. The van der Waals surface area contributed by atoms with Gasteiger partial charge < -0.3 is 20.1 Å². The van der Waals surface area contributed by atoms with Crippen molar-refractivity contribution >= 4 is 22.8 Å². The largest absolute Gasteiger partial charge is 0.354 e. The molecule has 0 radical (unpaired) electrons. The lowest BCUT2D eigenvalue weighted by molar-refractivity contribution is -0.147. The average molecular weight is 314 g/mol. The molecule has 0 aliphatic carbocycles. The number of piperidine rings is 1. The Morgan fingerprint density at radius 3 is 3.09 bits per heavy atom. The number of H-pyrrole nitrogens is 1. The summed E-state index contributed by atoms with van der Waals surface area (Å²) in [6, 6.07) is 2.02. The number of likely N-dealkylation sites (N-methyl/N-ethyl adjacent to an activating group) is 1. The molecule has 1 atom stereocenters. The minimum atomic E-state index is -0.0141. The summed E-state index contributed by atoms with van der Waals surface area (Å²) in [5.41, 5.74) is 0.853. The van der Waals surface area contributed by atoms with E-state index in [1.165, 1.54) is 0 Å². The molecule has 7 nitrogen and oxygen atoms in total. The number of aromatic amines is 1. The second-order valence-corrected chi connectivity index (χ2v) is 6.51. The van der Waals surface area contributed by atoms with Gasteiger partial charge in [0.15, 0.2) is 0 Å². The van der Waals surface area contributed by atoms with Crippen LogP contribution in [0.1, 0.15) is 19.3 Å². The SMILES string of the molecule is CNCC(=O)N1CC[C@@]12CCCN(c1ncnc3[nH]ccc13)C2. The van der Waals surface area contributed by atoms with Crippen LogP contribution in [0.3, 0.4) is 0 Å². The summed E-state index contributed by atoms with van der Waals surface area (Å²) >= 11 is 0. The lowest BCUT2D eigenvalue weighted by atomic mass is 9.77. The van der Waals surface area contributed by atoms with Crippen LogP contribution in [-0.4, -0.2) is 64.5 Å². The molecule has 1 spiro atoms. The zero-order valence-electron chi connectivity index (χ0n) is 13.4. The summed E-state index contributed by atoms with van der Waals surface area (Å²) < 4.78 is 0. The van der Waals surface area contributed by atoms with Crippen molar-refractivity contribution in [3.8, 4) is 0 Å². The highest BCUT2D eigenvalue weighted by Crippen LogP contribution is 2.40. The fourth-order valence-corrected chi connectivity index (χ4v) is 4.00. The van der Waals surface area contributed by atoms with Gasteiger partial charge in [0.25, 0.3) is 0 Å². The molecule has 0 saturated carbocycles. The number of nitrogens with zero attached hydrogens (tertiary/aromatic N) is 4. The van der Waals surface area contributed by atoms with Crippen molar-refractivity contribution in [2.45, 2.75) is 24.8 Å². The van der Waals surface area contributed by atoms with E-state index in [9.17, 15) is 4.79 Å². The van der Waals surface area contributed by atoms with Gasteiger partial charge in [-0.25, -0.2) is 9.97 Å². The topological polar surface area (TPSA) is 77.2 Å². The maximum Gasteiger partial charge on any atom is 0.237 e. The fourth-order valence-electron chi connectivity index (χ4n) is 4.00. The third-order valence-electron chi connectivity index (χ3n) is 5.19. The predicted molar refractivity (Wildman–Crippen MR) is 88.3 cm³/mol. The van der Waals surface area contributed by atoms with E-state index in [0.717, 1.165) is 55.7 Å². The Morgan fingerprint density at radius 2 is 2.30 bits per heavy atom. The van der Waals surface area contributed by atoms with Crippen molar-refractivity contribution in [3.63, 3.8) is 0 Å². The third-order valence-corrected chi connectivity index (χ3v) is 5.19. The van der Waals surface area contributed by atoms with Gasteiger partial charge in [-0.15, -0.1) is 0 Å². The number of anilines is 1. The van der Waals surface area contributed by atoms with Crippen molar-refractivity contribution in [1.82, 2.24) is 25.2 Å². The van der Waals surface area contributed by atoms with Crippen LogP contribution in [0.25, 0.3) is 11.0 Å². The molecule has 1 amide bonds. The van der Waals surface area contributed by atoms with Crippen LogP contribution >= 0.6 is 0 Å². The van der Waals surface area contributed by atoms with E-state index >= 15 is 0 Å². The molecule has 2 N–H and O–H groups in total. The maximum atomic E-state index is 12.3. The molecule has 2 saturated heterocycles. The van der Waals surface area contributed by atoms with E-state index in [4.69, 9.17) is 0 Å². The molecule has 7 heteroatoms. The number of fused-ring (bicyclic) bond motifs is 1. The van der Waals surface area contributed by atoms with E-state index < -0.39 is 0 Å². The quantitative estimate of drug-likeness (QED) is 0.874. The van der Waals surface area contributed by atoms with Crippen LogP contribution in [0.2, 0.25) is 0 Å². The minimum absolute atomic E-state index is 0.0141. The molecule has 23 heavy (non-hydrogen) atoms. The lowest BCUT2D eigenvalue weighted by Gasteiger charge is -2.57. The number of likely N-dealkylation sites (tertiary alicyclic amines) is 1. The van der Waals surface area contributed by atoms with Gasteiger partial charge in [0, 0.05) is 25.8 Å². The Labute approximate surface area is 135 Å². The Morgan fingerprint density at radius 1 is 1.39 bits per heavy atom. The third kappa shape index (κ3) is 2.26. The van der Waals surface area contributed by atoms with Gasteiger partial charge in [-0.2, -0.15) is 0 Å². The van der Waals surface area contributed by atoms with E-state index in [1.54, 1.807) is 6.33 Å². The van der Waals surface area contributed by atoms with Crippen molar-refractivity contribution in [3.05, 3.63) is 18.6 Å². The van der Waals surface area contributed by atoms with Gasteiger partial charge in [0.2, 0.25) is 5.91 Å². The first-order valence-corrected chi connectivity index (χ1v) is 8.22. The lowest BCUT2D eigenvalue weighted by Crippen LogP contribution is -2.69. The number of amides is 1. The number of rotatable bonds is 3. The van der Waals surface area contributed by atoms with Crippen LogP contribution in [0.4, 0.5) is 5.82 Å². The smallest absolute Gasteiger partial charge is 0.237 e. The molecule has 0 bridgehead atoms. The number of aromatic nitrogens is 3. The van der Waals surface area contributed by atoms with Crippen LogP contribution in [0.15, 0.2) is 18.6 Å². The van der Waals surface area contributed by atoms with Gasteiger partial charge in [0.1, 0.15) is 17.8 Å². The summed E-state index contributed by atoms with van der Waals surface area (Å²) in [5.74, 6) is 1.18. The van der Waals surface area contributed by atoms with E-state index in [2.05, 4.69) is 30.1 Å². The van der Waals surface area contributed by atoms with Crippen molar-refractivity contribution in [2.75, 3.05) is 38.1 Å². The molecule has 2 aliphatic heterocycles. The van der Waals surface area contributed by atoms with Gasteiger partial charge in [-0.3, -0.25) is 4.79 Å². The zero-order chi connectivity index (χ0) is 15.9. The number of hydrogen-bond donors (Lipinski definition) is 2. The van der Waals surface area contributed by atoms with E-state index in [0.29, 0.717) is 6.54 Å².